The van der Waals surface area contributed by atoms with Crippen molar-refractivity contribution in [1.29, 1.82) is 0 Å². The first-order valence-corrected chi connectivity index (χ1v) is 7.39. The molecule has 2 aromatic rings. The van der Waals surface area contributed by atoms with Crippen molar-refractivity contribution in [3.8, 4) is 0 Å². The Labute approximate surface area is 124 Å². The maximum Gasteiger partial charge on any atom is 0.123 e. The van der Waals surface area contributed by atoms with E-state index in [-0.39, 0.29) is 17.7 Å². The first kappa shape index (κ1) is 14.2. The minimum absolute atomic E-state index is 0.124. The van der Waals surface area contributed by atoms with E-state index in [9.17, 15) is 8.78 Å². The third-order valence-electron chi connectivity index (χ3n) is 4.29. The molecule has 0 spiro atoms. The Morgan fingerprint density at radius 1 is 1.00 bits per heavy atom. The van der Waals surface area contributed by atoms with Crippen LogP contribution in [0.2, 0.25) is 0 Å². The van der Waals surface area contributed by atoms with Gasteiger partial charge in [0.05, 0.1) is 0 Å². The quantitative estimate of drug-likeness (QED) is 0.869. The van der Waals surface area contributed by atoms with Crippen LogP contribution in [-0.2, 0) is 0 Å². The Kier molecular flexibility index (Phi) is 4.02. The summed E-state index contributed by atoms with van der Waals surface area (Å²) in [5.41, 5.74) is 2.04. The van der Waals surface area contributed by atoms with Gasteiger partial charge in [-0.2, -0.15) is 0 Å². The maximum absolute atomic E-state index is 13.2. The van der Waals surface area contributed by atoms with Gasteiger partial charge < -0.3 is 5.32 Å². The monoisotopic (exact) mass is 287 g/mol. The number of nitrogens with one attached hydrogen (secondary N) is 1. The standard InChI is InChI=1S/C18H19F2N/c1-12(13-4-2-6-16(19)8-13)21-18-10-15(11-18)14-5-3-7-17(20)9-14/h2-9,12,15,18,21H,10-11H2,1H3. The Bertz CT molecular complexity index is 620. The molecule has 0 aliphatic heterocycles. The van der Waals surface area contributed by atoms with Crippen LogP contribution in [0.4, 0.5) is 8.78 Å². The molecular weight excluding hydrogens is 268 g/mol. The molecule has 1 fully saturated rings. The molecule has 1 nitrogen and oxygen atoms in total. The summed E-state index contributed by atoms with van der Waals surface area (Å²) in [5, 5.41) is 3.51. The number of rotatable bonds is 4. The molecule has 1 saturated carbocycles. The van der Waals surface area contributed by atoms with E-state index in [2.05, 4.69) is 5.32 Å². The van der Waals surface area contributed by atoms with Crippen LogP contribution in [0.25, 0.3) is 0 Å². The van der Waals surface area contributed by atoms with E-state index in [1.54, 1.807) is 24.3 Å². The summed E-state index contributed by atoms with van der Waals surface area (Å²) in [6, 6.07) is 14.1. The van der Waals surface area contributed by atoms with Crippen LogP contribution < -0.4 is 5.32 Å². The molecule has 0 radical (unpaired) electrons. The first-order chi connectivity index (χ1) is 10.1. The molecule has 3 heteroatoms. The Morgan fingerprint density at radius 2 is 1.67 bits per heavy atom. The zero-order chi connectivity index (χ0) is 14.8. The largest absolute Gasteiger partial charge is 0.307 e. The average molecular weight is 287 g/mol. The van der Waals surface area contributed by atoms with Crippen molar-refractivity contribution in [1.82, 2.24) is 5.32 Å². The molecule has 1 unspecified atom stereocenters. The summed E-state index contributed by atoms with van der Waals surface area (Å²) < 4.78 is 26.4. The lowest BCUT2D eigenvalue weighted by Crippen LogP contribution is -2.41. The highest BCUT2D eigenvalue weighted by Gasteiger charge is 2.31. The molecule has 0 aromatic heterocycles. The Hall–Kier alpha value is -1.74. The zero-order valence-corrected chi connectivity index (χ0v) is 12.0. The van der Waals surface area contributed by atoms with E-state index >= 15 is 0 Å². The molecule has 110 valence electrons. The Balaban J connectivity index is 1.55. The molecule has 0 bridgehead atoms. The number of halogens is 2. The fraction of sp³-hybridized carbons (Fsp3) is 0.333. The second kappa shape index (κ2) is 5.94. The third-order valence-corrected chi connectivity index (χ3v) is 4.29. The van der Waals surface area contributed by atoms with Crippen molar-refractivity contribution in [2.75, 3.05) is 0 Å². The van der Waals surface area contributed by atoms with Crippen LogP contribution in [0.3, 0.4) is 0 Å². The summed E-state index contributed by atoms with van der Waals surface area (Å²) in [6.07, 6.45) is 2.01. The SMILES string of the molecule is CC(NC1CC(c2cccc(F)c2)C1)c1cccc(F)c1. The molecular formula is C18H19F2N. The van der Waals surface area contributed by atoms with Crippen molar-refractivity contribution in [3.63, 3.8) is 0 Å². The fourth-order valence-corrected chi connectivity index (χ4v) is 3.01. The molecule has 0 heterocycles. The molecule has 21 heavy (non-hydrogen) atoms. The minimum atomic E-state index is -0.201. The van der Waals surface area contributed by atoms with E-state index in [4.69, 9.17) is 0 Å². The predicted molar refractivity (Wildman–Crippen MR) is 80.1 cm³/mol. The van der Waals surface area contributed by atoms with Crippen molar-refractivity contribution in [3.05, 3.63) is 71.3 Å². The highest BCUT2D eigenvalue weighted by Crippen LogP contribution is 2.38. The highest BCUT2D eigenvalue weighted by molar-refractivity contribution is 5.25. The van der Waals surface area contributed by atoms with Crippen molar-refractivity contribution in [2.45, 2.75) is 37.8 Å². The van der Waals surface area contributed by atoms with Crippen LogP contribution in [0.5, 0.6) is 0 Å². The summed E-state index contributed by atoms with van der Waals surface area (Å²) >= 11 is 0. The summed E-state index contributed by atoms with van der Waals surface area (Å²) in [4.78, 5) is 0. The van der Waals surface area contributed by atoms with Gasteiger partial charge in [-0.25, -0.2) is 8.78 Å². The molecule has 1 N–H and O–H groups in total. The summed E-state index contributed by atoms with van der Waals surface area (Å²) in [6.45, 7) is 2.05. The zero-order valence-electron chi connectivity index (χ0n) is 12.0. The van der Waals surface area contributed by atoms with Gasteiger partial charge in [0, 0.05) is 12.1 Å². The van der Waals surface area contributed by atoms with Gasteiger partial charge in [-0.1, -0.05) is 24.3 Å². The van der Waals surface area contributed by atoms with Crippen LogP contribution in [0.15, 0.2) is 48.5 Å². The van der Waals surface area contributed by atoms with Crippen molar-refractivity contribution < 1.29 is 8.78 Å². The second-order valence-corrected chi connectivity index (χ2v) is 5.86. The van der Waals surface area contributed by atoms with Gasteiger partial charge >= 0.3 is 0 Å². The van der Waals surface area contributed by atoms with E-state index in [0.717, 1.165) is 24.0 Å². The molecule has 0 amide bonds. The lowest BCUT2D eigenvalue weighted by atomic mass is 9.75. The van der Waals surface area contributed by atoms with Crippen molar-refractivity contribution in [2.24, 2.45) is 0 Å². The fourth-order valence-electron chi connectivity index (χ4n) is 3.01. The lowest BCUT2D eigenvalue weighted by molar-refractivity contribution is 0.270. The molecule has 1 aliphatic carbocycles. The minimum Gasteiger partial charge on any atom is -0.307 e. The van der Waals surface area contributed by atoms with Crippen LogP contribution in [0, 0.1) is 11.6 Å². The van der Waals surface area contributed by atoms with E-state index in [0.29, 0.717) is 12.0 Å². The van der Waals surface area contributed by atoms with Crippen LogP contribution in [-0.4, -0.2) is 6.04 Å². The molecule has 2 aromatic carbocycles. The normalized spacial score (nSPS) is 22.6. The lowest BCUT2D eigenvalue weighted by Gasteiger charge is -2.38. The van der Waals surface area contributed by atoms with Crippen molar-refractivity contribution >= 4 is 0 Å². The molecule has 0 saturated heterocycles. The number of benzene rings is 2. The van der Waals surface area contributed by atoms with Gasteiger partial charge in [0.15, 0.2) is 0 Å². The summed E-state index contributed by atoms with van der Waals surface area (Å²) in [5.74, 6) is 0.0577. The van der Waals surface area contributed by atoms with Gasteiger partial charge in [-0.3, -0.25) is 0 Å². The van der Waals surface area contributed by atoms with E-state index in [1.807, 2.05) is 19.1 Å². The third kappa shape index (κ3) is 3.30. The Morgan fingerprint density at radius 3 is 2.33 bits per heavy atom. The number of hydrogen-bond acceptors (Lipinski definition) is 1. The highest BCUT2D eigenvalue weighted by atomic mass is 19.1. The van der Waals surface area contributed by atoms with E-state index in [1.165, 1.54) is 12.1 Å². The maximum atomic E-state index is 13.2. The van der Waals surface area contributed by atoms with Gasteiger partial charge in [0.25, 0.3) is 0 Å². The van der Waals surface area contributed by atoms with Gasteiger partial charge in [0.1, 0.15) is 11.6 Å². The van der Waals surface area contributed by atoms with Gasteiger partial charge in [0.2, 0.25) is 0 Å². The first-order valence-electron chi connectivity index (χ1n) is 7.39. The predicted octanol–water partition coefficient (Wildman–Crippen LogP) is 4.56. The van der Waals surface area contributed by atoms with Crippen LogP contribution in [0.1, 0.15) is 42.9 Å². The van der Waals surface area contributed by atoms with Gasteiger partial charge in [-0.05, 0) is 61.1 Å². The molecule has 1 atom stereocenters. The van der Waals surface area contributed by atoms with E-state index < -0.39 is 0 Å². The van der Waals surface area contributed by atoms with Gasteiger partial charge in [-0.15, -0.1) is 0 Å². The molecule has 3 rings (SSSR count). The topological polar surface area (TPSA) is 12.0 Å². The van der Waals surface area contributed by atoms with Crippen LogP contribution >= 0.6 is 0 Å². The summed E-state index contributed by atoms with van der Waals surface area (Å²) in [7, 11) is 0. The number of hydrogen-bond donors (Lipinski definition) is 1. The molecule has 1 aliphatic rings. The smallest absolute Gasteiger partial charge is 0.123 e. The second-order valence-electron chi connectivity index (χ2n) is 5.86. The average Bonchev–Trinajstić information content (AvgIpc) is 2.42.